The lowest BCUT2D eigenvalue weighted by Gasteiger charge is -2.10. The number of pyridine rings is 1. The molecule has 0 aliphatic heterocycles. The smallest absolute Gasteiger partial charge is 0.244 e. The quantitative estimate of drug-likeness (QED) is 0.234. The number of hydrogen-bond donors (Lipinski definition) is 1. The van der Waals surface area contributed by atoms with Gasteiger partial charge in [-0.05, 0) is 34.4 Å². The van der Waals surface area contributed by atoms with Crippen LogP contribution in [0.4, 0.5) is 0 Å². The van der Waals surface area contributed by atoms with Crippen molar-refractivity contribution in [3.63, 3.8) is 0 Å². The standard InChI is InChI=1S/C27H27N7O.ClH/c1-3-4-12-26-28-24(25-11-7-8-19(2)34(25)35)18-33(26)17-20-13-15-21(16-14-20)22-9-5-6-10-23(22)27-29-31-32-30-27;/h5-11,13-16,18H,3-4,12,17H2,1-2H3,(H,29,30,31,32);1H. The molecule has 0 saturated carbocycles. The molecule has 8 nitrogen and oxygen atoms in total. The zero-order valence-electron chi connectivity index (χ0n) is 20.3. The van der Waals surface area contributed by atoms with Gasteiger partial charge in [0.1, 0.15) is 5.82 Å². The Hall–Kier alpha value is -4.04. The Kier molecular flexibility index (Phi) is 7.75. The van der Waals surface area contributed by atoms with Gasteiger partial charge in [0.25, 0.3) is 0 Å². The average Bonchev–Trinajstić information content (AvgIpc) is 3.56. The van der Waals surface area contributed by atoms with Gasteiger partial charge in [0.2, 0.25) is 11.5 Å². The number of hydrogen-bond acceptors (Lipinski definition) is 5. The number of aryl methyl sites for hydroxylation is 2. The summed E-state index contributed by atoms with van der Waals surface area (Å²) < 4.78 is 3.11. The lowest BCUT2D eigenvalue weighted by molar-refractivity contribution is -0.600. The van der Waals surface area contributed by atoms with Crippen molar-refractivity contribution < 1.29 is 4.73 Å². The molecule has 0 radical (unpaired) electrons. The molecular weight excluding hydrogens is 474 g/mol. The van der Waals surface area contributed by atoms with Crippen molar-refractivity contribution in [2.75, 3.05) is 0 Å². The Morgan fingerprint density at radius 1 is 0.972 bits per heavy atom. The van der Waals surface area contributed by atoms with Crippen LogP contribution < -0.4 is 4.73 Å². The highest BCUT2D eigenvalue weighted by Crippen LogP contribution is 2.30. The highest BCUT2D eigenvalue weighted by atomic mass is 35.5. The first kappa shape index (κ1) is 25.1. The molecular formula is C27H28ClN7O. The second-order valence-electron chi connectivity index (χ2n) is 8.60. The molecule has 0 amide bonds. The summed E-state index contributed by atoms with van der Waals surface area (Å²) in [6.07, 6.45) is 5.00. The van der Waals surface area contributed by atoms with E-state index in [2.05, 4.69) is 62.4 Å². The molecule has 0 bridgehead atoms. The van der Waals surface area contributed by atoms with E-state index in [1.807, 2.05) is 49.5 Å². The normalized spacial score (nSPS) is 10.8. The summed E-state index contributed by atoms with van der Waals surface area (Å²) in [7, 11) is 0. The van der Waals surface area contributed by atoms with Gasteiger partial charge in [0, 0.05) is 43.8 Å². The summed E-state index contributed by atoms with van der Waals surface area (Å²) in [5, 5.41) is 27.1. The molecule has 2 aromatic carbocycles. The lowest BCUT2D eigenvalue weighted by Crippen LogP contribution is -2.32. The predicted octanol–water partition coefficient (Wildman–Crippen LogP) is 5.15. The lowest BCUT2D eigenvalue weighted by atomic mass is 9.98. The first-order chi connectivity index (χ1) is 17.1. The number of nitrogens with zero attached hydrogens (tertiary/aromatic N) is 6. The predicted molar refractivity (Wildman–Crippen MR) is 141 cm³/mol. The van der Waals surface area contributed by atoms with Crippen molar-refractivity contribution in [2.45, 2.75) is 39.7 Å². The van der Waals surface area contributed by atoms with Gasteiger partial charge in [0.05, 0.1) is 0 Å². The minimum absolute atomic E-state index is 0. The van der Waals surface area contributed by atoms with Gasteiger partial charge in [-0.1, -0.05) is 61.9 Å². The zero-order valence-corrected chi connectivity index (χ0v) is 21.1. The number of benzene rings is 2. The Labute approximate surface area is 216 Å². The van der Waals surface area contributed by atoms with Crippen LogP contribution in [-0.4, -0.2) is 30.2 Å². The second kappa shape index (κ2) is 11.1. The summed E-state index contributed by atoms with van der Waals surface area (Å²) in [6, 6.07) is 22.1. The van der Waals surface area contributed by atoms with Crippen molar-refractivity contribution in [1.82, 2.24) is 30.2 Å². The van der Waals surface area contributed by atoms with E-state index >= 15 is 0 Å². The Balaban J connectivity index is 0.00000304. The van der Waals surface area contributed by atoms with Gasteiger partial charge >= 0.3 is 0 Å². The van der Waals surface area contributed by atoms with Gasteiger partial charge < -0.3 is 9.77 Å². The number of imidazole rings is 1. The molecule has 0 atom stereocenters. The largest absolute Gasteiger partial charge is 0.618 e. The SMILES string of the molecule is CCCCc1nc(-c2cccc(C)[n+]2[O-])cn1Cc1ccc(-c2ccccc2-c2nn[nH]n2)cc1.Cl. The molecule has 0 aliphatic rings. The van der Waals surface area contributed by atoms with Gasteiger partial charge in [-0.15, -0.1) is 22.6 Å². The Morgan fingerprint density at radius 3 is 2.47 bits per heavy atom. The minimum Gasteiger partial charge on any atom is -0.618 e. The van der Waals surface area contributed by atoms with Crippen molar-refractivity contribution in [1.29, 1.82) is 0 Å². The van der Waals surface area contributed by atoms with E-state index in [0.29, 0.717) is 29.5 Å². The number of unbranched alkanes of at least 4 members (excludes halogenated alkanes) is 1. The number of aromatic nitrogens is 7. The number of nitrogens with one attached hydrogen (secondary N) is 1. The second-order valence-corrected chi connectivity index (χ2v) is 8.60. The Bertz CT molecular complexity index is 1430. The van der Waals surface area contributed by atoms with Gasteiger partial charge in [0.15, 0.2) is 11.4 Å². The van der Waals surface area contributed by atoms with Gasteiger partial charge in [-0.2, -0.15) is 9.94 Å². The molecule has 9 heteroatoms. The number of aromatic amines is 1. The van der Waals surface area contributed by atoms with Crippen molar-refractivity contribution in [2.24, 2.45) is 0 Å². The Morgan fingerprint density at radius 2 is 1.75 bits per heavy atom. The summed E-state index contributed by atoms with van der Waals surface area (Å²) in [5.41, 5.74) is 6.16. The fourth-order valence-corrected chi connectivity index (χ4v) is 4.23. The molecule has 0 saturated heterocycles. The summed E-state index contributed by atoms with van der Waals surface area (Å²) in [4.78, 5) is 4.84. The van der Waals surface area contributed by atoms with Crippen molar-refractivity contribution in [3.05, 3.63) is 95.2 Å². The van der Waals surface area contributed by atoms with Crippen molar-refractivity contribution in [3.8, 4) is 33.9 Å². The molecule has 0 fully saturated rings. The number of rotatable bonds is 8. The van der Waals surface area contributed by atoms with Crippen LogP contribution >= 0.6 is 12.4 Å². The van der Waals surface area contributed by atoms with E-state index in [9.17, 15) is 5.21 Å². The van der Waals surface area contributed by atoms with Crippen LogP contribution in [0.1, 0.15) is 36.8 Å². The molecule has 0 aliphatic carbocycles. The molecule has 5 aromatic rings. The molecule has 1 N–H and O–H groups in total. The van der Waals surface area contributed by atoms with Crippen LogP contribution in [0, 0.1) is 12.1 Å². The van der Waals surface area contributed by atoms with Crippen LogP contribution in [0.25, 0.3) is 33.9 Å². The van der Waals surface area contributed by atoms with Crippen LogP contribution in [0.2, 0.25) is 0 Å². The topological polar surface area (TPSA) is 99.2 Å². The third kappa shape index (κ3) is 5.13. The highest BCUT2D eigenvalue weighted by molar-refractivity contribution is 5.85. The van der Waals surface area contributed by atoms with E-state index < -0.39 is 0 Å². The molecule has 184 valence electrons. The molecule has 0 unspecified atom stereocenters. The van der Waals surface area contributed by atoms with E-state index in [-0.39, 0.29) is 12.4 Å². The maximum atomic E-state index is 12.6. The zero-order chi connectivity index (χ0) is 24.2. The molecule has 0 spiro atoms. The third-order valence-corrected chi connectivity index (χ3v) is 6.14. The average molecular weight is 502 g/mol. The first-order valence-electron chi connectivity index (χ1n) is 11.8. The summed E-state index contributed by atoms with van der Waals surface area (Å²) >= 11 is 0. The fraction of sp³-hybridized carbons (Fsp3) is 0.222. The van der Waals surface area contributed by atoms with E-state index in [0.717, 1.165) is 52.1 Å². The summed E-state index contributed by atoms with van der Waals surface area (Å²) in [6.45, 7) is 4.67. The maximum Gasteiger partial charge on any atom is 0.244 e. The molecule has 3 heterocycles. The van der Waals surface area contributed by atoms with E-state index in [4.69, 9.17) is 4.98 Å². The number of halogens is 1. The van der Waals surface area contributed by atoms with Gasteiger partial charge in [-0.3, -0.25) is 0 Å². The number of H-pyrrole nitrogens is 1. The summed E-state index contributed by atoms with van der Waals surface area (Å²) in [5.74, 6) is 1.57. The maximum absolute atomic E-state index is 12.6. The fourth-order valence-electron chi connectivity index (χ4n) is 4.23. The third-order valence-electron chi connectivity index (χ3n) is 6.14. The highest BCUT2D eigenvalue weighted by Gasteiger charge is 2.17. The minimum atomic E-state index is 0. The molecule has 5 rings (SSSR count). The van der Waals surface area contributed by atoms with Crippen molar-refractivity contribution >= 4 is 12.4 Å². The number of tetrazole rings is 1. The molecule has 36 heavy (non-hydrogen) atoms. The van der Waals surface area contributed by atoms with Crippen LogP contribution in [0.5, 0.6) is 0 Å². The van der Waals surface area contributed by atoms with Crippen LogP contribution in [0.15, 0.2) is 72.9 Å². The monoisotopic (exact) mass is 501 g/mol. The van der Waals surface area contributed by atoms with Crippen LogP contribution in [0.3, 0.4) is 0 Å². The van der Waals surface area contributed by atoms with E-state index in [1.165, 1.54) is 0 Å². The molecule has 3 aromatic heterocycles. The first-order valence-corrected chi connectivity index (χ1v) is 11.8. The van der Waals surface area contributed by atoms with Crippen LogP contribution in [-0.2, 0) is 13.0 Å². The van der Waals surface area contributed by atoms with E-state index in [1.54, 1.807) is 0 Å². The van der Waals surface area contributed by atoms with Gasteiger partial charge in [-0.25, -0.2) is 4.98 Å².